The highest BCUT2D eigenvalue weighted by Gasteiger charge is 2.08. The minimum atomic E-state index is -0.596. The standard InChI is InChI=1S/C20H23N3O2/c24-17(12-15-6-2-1-3-7-15)14-23-20(25)21-11-10-16-13-22-19-9-5-4-8-18(16)19/h1-9,13,17,22,24H,10-12,14H2,(H2,21,23,25). The fraction of sp³-hybridized carbons (Fsp3) is 0.250. The van der Waals surface area contributed by atoms with Crippen LogP contribution in [0.3, 0.4) is 0 Å². The summed E-state index contributed by atoms with van der Waals surface area (Å²) in [6.07, 6.45) is 2.66. The van der Waals surface area contributed by atoms with Crippen LogP contribution in [0.15, 0.2) is 60.8 Å². The number of benzene rings is 2. The van der Waals surface area contributed by atoms with Gasteiger partial charge in [-0.3, -0.25) is 0 Å². The van der Waals surface area contributed by atoms with Crippen LogP contribution < -0.4 is 10.6 Å². The summed E-state index contributed by atoms with van der Waals surface area (Å²) >= 11 is 0. The van der Waals surface area contributed by atoms with Gasteiger partial charge in [0.2, 0.25) is 0 Å². The lowest BCUT2D eigenvalue weighted by Gasteiger charge is -2.12. The Morgan fingerprint density at radius 3 is 2.64 bits per heavy atom. The molecule has 4 N–H and O–H groups in total. The molecule has 0 radical (unpaired) electrons. The topological polar surface area (TPSA) is 77.2 Å². The van der Waals surface area contributed by atoms with E-state index in [9.17, 15) is 9.90 Å². The van der Waals surface area contributed by atoms with E-state index in [0.717, 1.165) is 17.5 Å². The zero-order valence-electron chi connectivity index (χ0n) is 14.0. The molecule has 0 spiro atoms. The number of aromatic nitrogens is 1. The molecule has 2 aromatic carbocycles. The molecular formula is C20H23N3O2. The predicted molar refractivity (Wildman–Crippen MR) is 99.6 cm³/mol. The number of hydrogen-bond donors (Lipinski definition) is 4. The Labute approximate surface area is 147 Å². The molecule has 0 aliphatic rings. The van der Waals surface area contributed by atoms with Gasteiger partial charge in [0.15, 0.2) is 0 Å². The van der Waals surface area contributed by atoms with Gasteiger partial charge >= 0.3 is 6.03 Å². The van der Waals surface area contributed by atoms with E-state index >= 15 is 0 Å². The van der Waals surface area contributed by atoms with Crippen LogP contribution >= 0.6 is 0 Å². The maximum atomic E-state index is 11.9. The van der Waals surface area contributed by atoms with Crippen LogP contribution in [0.25, 0.3) is 10.9 Å². The van der Waals surface area contributed by atoms with E-state index in [1.807, 2.05) is 54.7 Å². The highest BCUT2D eigenvalue weighted by atomic mass is 16.3. The number of para-hydroxylation sites is 1. The van der Waals surface area contributed by atoms with Crippen molar-refractivity contribution in [3.8, 4) is 0 Å². The lowest BCUT2D eigenvalue weighted by atomic mass is 10.1. The van der Waals surface area contributed by atoms with Crippen molar-refractivity contribution >= 4 is 16.9 Å². The van der Waals surface area contributed by atoms with Gasteiger partial charge in [-0.1, -0.05) is 48.5 Å². The number of H-pyrrole nitrogens is 1. The van der Waals surface area contributed by atoms with Crippen LogP contribution in [0, 0.1) is 0 Å². The fourth-order valence-electron chi connectivity index (χ4n) is 2.88. The summed E-state index contributed by atoms with van der Waals surface area (Å²) < 4.78 is 0. The summed E-state index contributed by atoms with van der Waals surface area (Å²) in [5.74, 6) is 0. The molecule has 1 unspecified atom stereocenters. The van der Waals surface area contributed by atoms with E-state index in [-0.39, 0.29) is 12.6 Å². The average Bonchev–Trinajstić information content (AvgIpc) is 3.04. The van der Waals surface area contributed by atoms with E-state index < -0.39 is 6.10 Å². The van der Waals surface area contributed by atoms with Gasteiger partial charge in [0.1, 0.15) is 0 Å². The molecule has 5 heteroatoms. The number of rotatable bonds is 7. The molecule has 130 valence electrons. The van der Waals surface area contributed by atoms with Gasteiger partial charge < -0.3 is 20.7 Å². The van der Waals surface area contributed by atoms with Gasteiger partial charge in [-0.15, -0.1) is 0 Å². The summed E-state index contributed by atoms with van der Waals surface area (Å²) in [6.45, 7) is 0.774. The van der Waals surface area contributed by atoms with Crippen molar-refractivity contribution in [2.45, 2.75) is 18.9 Å². The lowest BCUT2D eigenvalue weighted by molar-refractivity contribution is 0.170. The number of amides is 2. The summed E-state index contributed by atoms with van der Waals surface area (Å²) in [5, 5.41) is 16.7. The Kier molecular flexibility index (Phi) is 5.69. The molecule has 5 nitrogen and oxygen atoms in total. The van der Waals surface area contributed by atoms with Crippen LogP contribution in [0.2, 0.25) is 0 Å². The SMILES string of the molecule is O=C(NCCc1c[nH]c2ccccc12)NCC(O)Cc1ccccc1. The molecular weight excluding hydrogens is 314 g/mol. The van der Waals surface area contributed by atoms with Gasteiger partial charge in [0.05, 0.1) is 6.10 Å². The van der Waals surface area contributed by atoms with Crippen LogP contribution in [-0.4, -0.2) is 35.3 Å². The number of aliphatic hydroxyl groups excluding tert-OH is 1. The molecule has 3 aromatic rings. The van der Waals surface area contributed by atoms with Crippen LogP contribution in [0.5, 0.6) is 0 Å². The Bertz CT molecular complexity index is 814. The number of carbonyl (C=O) groups is 1. The third kappa shape index (κ3) is 4.84. The van der Waals surface area contributed by atoms with Crippen LogP contribution in [-0.2, 0) is 12.8 Å². The van der Waals surface area contributed by atoms with Crippen molar-refractivity contribution in [2.75, 3.05) is 13.1 Å². The number of carbonyl (C=O) groups excluding carboxylic acids is 1. The lowest BCUT2D eigenvalue weighted by Crippen LogP contribution is -2.41. The van der Waals surface area contributed by atoms with E-state index in [1.54, 1.807) is 0 Å². The molecule has 1 heterocycles. The fourth-order valence-corrected chi connectivity index (χ4v) is 2.88. The molecule has 0 aliphatic heterocycles. The van der Waals surface area contributed by atoms with Crippen LogP contribution in [0.1, 0.15) is 11.1 Å². The largest absolute Gasteiger partial charge is 0.391 e. The number of fused-ring (bicyclic) bond motifs is 1. The van der Waals surface area contributed by atoms with Gasteiger partial charge in [0, 0.05) is 36.6 Å². The summed E-state index contributed by atoms with van der Waals surface area (Å²) in [4.78, 5) is 15.1. The van der Waals surface area contributed by atoms with Crippen molar-refractivity contribution in [3.05, 3.63) is 71.9 Å². The van der Waals surface area contributed by atoms with Crippen molar-refractivity contribution in [1.82, 2.24) is 15.6 Å². The van der Waals surface area contributed by atoms with Gasteiger partial charge in [-0.05, 0) is 23.6 Å². The van der Waals surface area contributed by atoms with Gasteiger partial charge in [0.25, 0.3) is 0 Å². The van der Waals surface area contributed by atoms with Crippen molar-refractivity contribution in [1.29, 1.82) is 0 Å². The first-order valence-electron chi connectivity index (χ1n) is 8.51. The summed E-state index contributed by atoms with van der Waals surface area (Å²) in [7, 11) is 0. The average molecular weight is 337 g/mol. The number of urea groups is 1. The molecule has 1 aromatic heterocycles. The second-order valence-electron chi connectivity index (χ2n) is 6.09. The predicted octanol–water partition coefficient (Wildman–Crippen LogP) is 2.61. The maximum Gasteiger partial charge on any atom is 0.314 e. The van der Waals surface area contributed by atoms with Crippen molar-refractivity contribution in [3.63, 3.8) is 0 Å². The molecule has 0 fully saturated rings. The Morgan fingerprint density at radius 2 is 1.80 bits per heavy atom. The third-order valence-corrected chi connectivity index (χ3v) is 4.17. The van der Waals surface area contributed by atoms with E-state index in [2.05, 4.69) is 21.7 Å². The Balaban J connectivity index is 1.38. The van der Waals surface area contributed by atoms with E-state index in [4.69, 9.17) is 0 Å². The molecule has 25 heavy (non-hydrogen) atoms. The first kappa shape index (κ1) is 17.0. The zero-order chi connectivity index (χ0) is 17.5. The number of aromatic amines is 1. The second-order valence-corrected chi connectivity index (χ2v) is 6.09. The minimum absolute atomic E-state index is 0.230. The monoisotopic (exact) mass is 337 g/mol. The molecule has 3 rings (SSSR count). The smallest absolute Gasteiger partial charge is 0.314 e. The zero-order valence-corrected chi connectivity index (χ0v) is 14.0. The van der Waals surface area contributed by atoms with Crippen molar-refractivity contribution < 1.29 is 9.90 Å². The van der Waals surface area contributed by atoms with E-state index in [1.165, 1.54) is 10.9 Å². The molecule has 0 saturated heterocycles. The Hall–Kier alpha value is -2.79. The highest BCUT2D eigenvalue weighted by Crippen LogP contribution is 2.17. The maximum absolute atomic E-state index is 11.9. The molecule has 0 aliphatic carbocycles. The third-order valence-electron chi connectivity index (χ3n) is 4.17. The van der Waals surface area contributed by atoms with Gasteiger partial charge in [-0.25, -0.2) is 4.79 Å². The van der Waals surface area contributed by atoms with E-state index in [0.29, 0.717) is 13.0 Å². The second kappa shape index (κ2) is 8.35. The molecule has 1 atom stereocenters. The molecule has 2 amide bonds. The molecule has 0 bridgehead atoms. The minimum Gasteiger partial charge on any atom is -0.391 e. The first-order chi connectivity index (χ1) is 12.2. The van der Waals surface area contributed by atoms with Crippen molar-refractivity contribution in [2.24, 2.45) is 0 Å². The summed E-state index contributed by atoms with van der Waals surface area (Å²) in [6, 6.07) is 17.6. The van der Waals surface area contributed by atoms with Gasteiger partial charge in [-0.2, -0.15) is 0 Å². The summed E-state index contributed by atoms with van der Waals surface area (Å²) in [5.41, 5.74) is 3.34. The number of aliphatic hydroxyl groups is 1. The quantitative estimate of drug-likeness (QED) is 0.535. The number of hydrogen-bond acceptors (Lipinski definition) is 2. The highest BCUT2D eigenvalue weighted by molar-refractivity contribution is 5.83. The van der Waals surface area contributed by atoms with Crippen LogP contribution in [0.4, 0.5) is 4.79 Å². The molecule has 0 saturated carbocycles. The Morgan fingerprint density at radius 1 is 1.04 bits per heavy atom. The normalized spacial score (nSPS) is 12.0. The first-order valence-corrected chi connectivity index (χ1v) is 8.51. The number of nitrogens with one attached hydrogen (secondary N) is 3.